The van der Waals surface area contributed by atoms with Gasteiger partial charge < -0.3 is 0 Å². The van der Waals surface area contributed by atoms with Gasteiger partial charge in [0.2, 0.25) is 7.59 Å². The Bertz CT molecular complexity index is 579. The number of hydrogen-bond donors (Lipinski definition) is 0. The SMILES string of the molecule is ClC(Cl)(Cl)c1ccc2c(C(Cl)(Cl)Cl)cccc2c1. The van der Waals surface area contributed by atoms with E-state index < -0.39 is 7.59 Å². The maximum absolute atomic E-state index is 5.92. The van der Waals surface area contributed by atoms with Crippen LogP contribution in [-0.2, 0) is 7.59 Å². The van der Waals surface area contributed by atoms with Gasteiger partial charge in [0.1, 0.15) is 0 Å². The molecule has 0 spiro atoms. The number of hydrogen-bond acceptors (Lipinski definition) is 0. The zero-order chi connectivity index (χ0) is 13.6. The molecule has 0 unspecified atom stereocenters. The molecule has 18 heavy (non-hydrogen) atoms. The maximum Gasteiger partial charge on any atom is 0.216 e. The minimum absolute atomic E-state index is 0.571. The average Bonchev–Trinajstić information content (AvgIpc) is 2.25. The molecule has 0 radical (unpaired) electrons. The zero-order valence-electron chi connectivity index (χ0n) is 8.73. The molecular weight excluding hydrogens is 357 g/mol. The van der Waals surface area contributed by atoms with E-state index in [0.29, 0.717) is 11.1 Å². The quantitative estimate of drug-likeness (QED) is 0.469. The molecule has 0 atom stereocenters. The Balaban J connectivity index is 2.68. The highest BCUT2D eigenvalue weighted by atomic mass is 35.6. The third-order valence-electron chi connectivity index (χ3n) is 2.51. The van der Waals surface area contributed by atoms with Gasteiger partial charge in [-0.2, -0.15) is 0 Å². The molecule has 96 valence electrons. The van der Waals surface area contributed by atoms with Crippen LogP contribution in [0.25, 0.3) is 10.8 Å². The van der Waals surface area contributed by atoms with Crippen LogP contribution < -0.4 is 0 Å². The highest BCUT2D eigenvalue weighted by molar-refractivity contribution is 6.67. The van der Waals surface area contributed by atoms with E-state index in [4.69, 9.17) is 69.6 Å². The van der Waals surface area contributed by atoms with E-state index >= 15 is 0 Å². The van der Waals surface area contributed by atoms with Gasteiger partial charge in [0.15, 0.2) is 0 Å². The third-order valence-corrected chi connectivity index (χ3v) is 3.78. The maximum atomic E-state index is 5.92. The smallest absolute Gasteiger partial charge is 0.0784 e. The molecule has 6 heteroatoms. The molecule has 0 aromatic heterocycles. The number of rotatable bonds is 0. The molecule has 0 saturated carbocycles. The minimum Gasteiger partial charge on any atom is -0.0784 e. The number of benzene rings is 2. The fourth-order valence-corrected chi connectivity index (χ4v) is 2.55. The Hall–Kier alpha value is 0.440. The van der Waals surface area contributed by atoms with Crippen LogP contribution in [0.4, 0.5) is 0 Å². The van der Waals surface area contributed by atoms with Gasteiger partial charge in [-0.25, -0.2) is 0 Å². The first-order chi connectivity index (χ1) is 8.19. The van der Waals surface area contributed by atoms with E-state index in [1.807, 2.05) is 6.07 Å². The summed E-state index contributed by atoms with van der Waals surface area (Å²) in [6, 6.07) is 10.7. The molecule has 0 amide bonds. The van der Waals surface area contributed by atoms with Crippen LogP contribution in [0.5, 0.6) is 0 Å². The molecule has 0 aliphatic heterocycles. The van der Waals surface area contributed by atoms with Crippen LogP contribution in [-0.4, -0.2) is 0 Å². The Morgan fingerprint density at radius 3 is 1.94 bits per heavy atom. The van der Waals surface area contributed by atoms with Crippen LogP contribution in [0.3, 0.4) is 0 Å². The van der Waals surface area contributed by atoms with Gasteiger partial charge in [-0.3, -0.25) is 0 Å². The van der Waals surface area contributed by atoms with Gasteiger partial charge in [0.05, 0.1) is 0 Å². The van der Waals surface area contributed by atoms with Crippen molar-refractivity contribution in [1.29, 1.82) is 0 Å². The van der Waals surface area contributed by atoms with Crippen molar-refractivity contribution in [3.8, 4) is 0 Å². The molecule has 2 rings (SSSR count). The Labute approximate surface area is 135 Å². The minimum atomic E-state index is -1.49. The summed E-state index contributed by atoms with van der Waals surface area (Å²) in [6.07, 6.45) is 0. The molecule has 2 aromatic carbocycles. The zero-order valence-corrected chi connectivity index (χ0v) is 13.3. The lowest BCUT2D eigenvalue weighted by Gasteiger charge is -2.16. The van der Waals surface area contributed by atoms with E-state index in [9.17, 15) is 0 Å². The number of fused-ring (bicyclic) bond motifs is 1. The van der Waals surface area contributed by atoms with Crippen molar-refractivity contribution < 1.29 is 0 Å². The molecule has 0 bridgehead atoms. The van der Waals surface area contributed by atoms with E-state index in [0.717, 1.165) is 10.8 Å². The summed E-state index contributed by atoms with van der Waals surface area (Å²) in [4.78, 5) is 0. The van der Waals surface area contributed by atoms with Crippen molar-refractivity contribution in [2.75, 3.05) is 0 Å². The second-order valence-corrected chi connectivity index (χ2v) is 8.30. The predicted octanol–water partition coefficient (Wildman–Crippen LogP) is 6.49. The van der Waals surface area contributed by atoms with Crippen molar-refractivity contribution in [1.82, 2.24) is 0 Å². The summed E-state index contributed by atoms with van der Waals surface area (Å²) in [7, 11) is 0. The second-order valence-electron chi connectivity index (χ2n) is 3.74. The lowest BCUT2D eigenvalue weighted by atomic mass is 10.0. The van der Waals surface area contributed by atoms with Crippen LogP contribution in [0.15, 0.2) is 36.4 Å². The van der Waals surface area contributed by atoms with Gasteiger partial charge in [-0.05, 0) is 16.8 Å². The van der Waals surface area contributed by atoms with Crippen LogP contribution in [0.1, 0.15) is 11.1 Å². The summed E-state index contributed by atoms with van der Waals surface area (Å²) in [6.45, 7) is 0. The van der Waals surface area contributed by atoms with Crippen molar-refractivity contribution in [3.05, 3.63) is 47.5 Å². The summed E-state index contributed by atoms with van der Waals surface area (Å²) < 4.78 is -2.95. The molecule has 0 fully saturated rings. The van der Waals surface area contributed by atoms with Gasteiger partial charge >= 0.3 is 0 Å². The first kappa shape index (κ1) is 14.8. The molecule has 0 nitrogen and oxygen atoms in total. The Morgan fingerprint density at radius 2 is 1.39 bits per heavy atom. The first-order valence-electron chi connectivity index (χ1n) is 4.87. The number of alkyl halides is 6. The average molecular weight is 363 g/mol. The van der Waals surface area contributed by atoms with Crippen molar-refractivity contribution >= 4 is 80.4 Å². The normalized spacial score (nSPS) is 13.0. The first-order valence-corrected chi connectivity index (χ1v) is 7.13. The summed E-state index contributed by atoms with van der Waals surface area (Å²) >= 11 is 35.3. The Morgan fingerprint density at radius 1 is 0.722 bits per heavy atom. The standard InChI is InChI=1S/C12H6Cl6/c13-11(14,15)8-4-5-9-7(6-8)2-1-3-10(9)12(16,17)18/h1-6H. The summed E-state index contributed by atoms with van der Waals surface area (Å²) in [5.41, 5.74) is 1.17. The van der Waals surface area contributed by atoms with E-state index in [1.54, 1.807) is 30.3 Å². The van der Waals surface area contributed by atoms with Crippen molar-refractivity contribution in [2.24, 2.45) is 0 Å². The lowest BCUT2D eigenvalue weighted by Crippen LogP contribution is -2.03. The molecule has 0 aliphatic rings. The van der Waals surface area contributed by atoms with Gasteiger partial charge in [-0.15, -0.1) is 0 Å². The topological polar surface area (TPSA) is 0 Å². The molecular formula is C12H6Cl6. The predicted molar refractivity (Wildman–Crippen MR) is 82.4 cm³/mol. The Kier molecular flexibility index (Phi) is 4.19. The third kappa shape index (κ3) is 3.12. The lowest BCUT2D eigenvalue weighted by molar-refractivity contribution is 1.24. The highest BCUT2D eigenvalue weighted by Gasteiger charge is 2.27. The summed E-state index contributed by atoms with van der Waals surface area (Å²) in [5.74, 6) is 0. The van der Waals surface area contributed by atoms with Gasteiger partial charge in [-0.1, -0.05) is 99.9 Å². The fourth-order valence-electron chi connectivity index (χ4n) is 1.71. The summed E-state index contributed by atoms with van der Waals surface area (Å²) in [5, 5.41) is 1.66. The van der Waals surface area contributed by atoms with Crippen molar-refractivity contribution in [3.63, 3.8) is 0 Å². The number of halogens is 6. The van der Waals surface area contributed by atoms with E-state index in [1.165, 1.54) is 0 Å². The van der Waals surface area contributed by atoms with Crippen LogP contribution in [0.2, 0.25) is 0 Å². The van der Waals surface area contributed by atoms with Crippen molar-refractivity contribution in [2.45, 2.75) is 7.59 Å². The van der Waals surface area contributed by atoms with Gasteiger partial charge in [0.25, 0.3) is 0 Å². The van der Waals surface area contributed by atoms with Crippen LogP contribution in [0, 0.1) is 0 Å². The van der Waals surface area contributed by atoms with E-state index in [2.05, 4.69) is 0 Å². The highest BCUT2D eigenvalue weighted by Crippen LogP contribution is 2.43. The fraction of sp³-hybridized carbons (Fsp3) is 0.167. The van der Waals surface area contributed by atoms with E-state index in [-0.39, 0.29) is 0 Å². The monoisotopic (exact) mass is 360 g/mol. The molecule has 0 heterocycles. The molecule has 0 aliphatic carbocycles. The molecule has 2 aromatic rings. The van der Waals surface area contributed by atoms with Gasteiger partial charge in [0, 0.05) is 11.1 Å². The van der Waals surface area contributed by atoms with Crippen LogP contribution >= 0.6 is 69.6 Å². The molecule has 0 N–H and O–H groups in total. The molecule has 0 saturated heterocycles. The largest absolute Gasteiger partial charge is 0.216 e. The second kappa shape index (κ2) is 5.09.